The smallest absolute Gasteiger partial charge is 0.147 e. The second-order valence-electron chi connectivity index (χ2n) is 4.31. The van der Waals surface area contributed by atoms with Gasteiger partial charge in [-0.1, -0.05) is 23.7 Å². The molecule has 0 fully saturated rings. The number of aromatic nitrogens is 2. The molecule has 0 aliphatic carbocycles. The summed E-state index contributed by atoms with van der Waals surface area (Å²) in [6.07, 6.45) is 3.21. The van der Waals surface area contributed by atoms with Crippen LogP contribution in [0.2, 0.25) is 5.15 Å². The third-order valence-corrected chi connectivity index (χ3v) is 2.81. The van der Waals surface area contributed by atoms with Crippen LogP contribution in [-0.4, -0.2) is 21.9 Å². The largest absolute Gasteiger partial charge is 0.296 e. The number of hydrogen-bond donors (Lipinski definition) is 0. The van der Waals surface area contributed by atoms with Gasteiger partial charge in [-0.05, 0) is 24.7 Å². The summed E-state index contributed by atoms with van der Waals surface area (Å²) >= 11 is 5.69. The zero-order chi connectivity index (χ0) is 13.7. The normalized spacial score (nSPS) is 10.4. The van der Waals surface area contributed by atoms with Crippen molar-refractivity contribution in [2.45, 2.75) is 13.1 Å². The molecule has 0 saturated heterocycles. The van der Waals surface area contributed by atoms with Crippen molar-refractivity contribution in [3.63, 3.8) is 0 Å². The summed E-state index contributed by atoms with van der Waals surface area (Å²) in [6, 6.07) is 9.73. The van der Waals surface area contributed by atoms with Gasteiger partial charge in [0.15, 0.2) is 0 Å². The molecule has 0 N–H and O–H groups in total. The van der Waals surface area contributed by atoms with Crippen LogP contribution in [0.25, 0.3) is 0 Å². The second kappa shape index (κ2) is 6.28. The molecule has 0 saturated carbocycles. The number of nitriles is 1. The minimum absolute atomic E-state index is 0.396. The van der Waals surface area contributed by atoms with Gasteiger partial charge in [-0.3, -0.25) is 9.88 Å². The van der Waals surface area contributed by atoms with E-state index >= 15 is 0 Å². The topological polar surface area (TPSA) is 52.8 Å². The minimum atomic E-state index is 0.396. The predicted octanol–water partition coefficient (Wildman–Crippen LogP) is 2.63. The van der Waals surface area contributed by atoms with E-state index in [9.17, 15) is 0 Å². The molecular weight excluding hydrogens is 260 g/mol. The van der Waals surface area contributed by atoms with Crippen LogP contribution in [0, 0.1) is 11.3 Å². The Hall–Kier alpha value is -1.96. The maximum atomic E-state index is 8.86. The van der Waals surface area contributed by atoms with Gasteiger partial charge < -0.3 is 0 Å². The molecule has 0 aliphatic rings. The fourth-order valence-corrected chi connectivity index (χ4v) is 1.90. The number of rotatable bonds is 4. The molecule has 0 bridgehead atoms. The molecule has 1 aromatic carbocycles. The van der Waals surface area contributed by atoms with Gasteiger partial charge in [-0.15, -0.1) is 0 Å². The Morgan fingerprint density at radius 1 is 1.26 bits per heavy atom. The Bertz CT molecular complexity index is 589. The lowest BCUT2D eigenvalue weighted by Crippen LogP contribution is -2.18. The van der Waals surface area contributed by atoms with Crippen molar-refractivity contribution in [3.8, 4) is 6.07 Å². The van der Waals surface area contributed by atoms with E-state index in [1.807, 2.05) is 25.2 Å². The maximum absolute atomic E-state index is 8.86. The Morgan fingerprint density at radius 3 is 2.79 bits per heavy atom. The average Bonchev–Trinajstić information content (AvgIpc) is 2.41. The predicted molar refractivity (Wildman–Crippen MR) is 73.4 cm³/mol. The van der Waals surface area contributed by atoms with Crippen molar-refractivity contribution in [2.75, 3.05) is 7.05 Å². The first-order chi connectivity index (χ1) is 9.17. The van der Waals surface area contributed by atoms with Gasteiger partial charge in [0.1, 0.15) is 5.15 Å². The van der Waals surface area contributed by atoms with Crippen molar-refractivity contribution >= 4 is 11.6 Å². The lowest BCUT2D eigenvalue weighted by Gasteiger charge is -2.16. The second-order valence-corrected chi connectivity index (χ2v) is 4.70. The van der Waals surface area contributed by atoms with Crippen LogP contribution in [0.15, 0.2) is 36.7 Å². The third-order valence-electron chi connectivity index (χ3n) is 2.61. The first-order valence-corrected chi connectivity index (χ1v) is 6.19. The highest BCUT2D eigenvalue weighted by Gasteiger charge is 2.04. The first-order valence-electron chi connectivity index (χ1n) is 5.81. The summed E-state index contributed by atoms with van der Waals surface area (Å²) in [5, 5.41) is 9.26. The quantitative estimate of drug-likeness (QED) is 0.859. The molecule has 0 aliphatic heterocycles. The van der Waals surface area contributed by atoms with Crippen LogP contribution in [-0.2, 0) is 13.1 Å². The van der Waals surface area contributed by atoms with Gasteiger partial charge in [-0.2, -0.15) is 5.26 Å². The van der Waals surface area contributed by atoms with Crippen LogP contribution in [0.5, 0.6) is 0 Å². The van der Waals surface area contributed by atoms with Crippen LogP contribution in [0.4, 0.5) is 0 Å². The van der Waals surface area contributed by atoms with Gasteiger partial charge in [0.05, 0.1) is 29.7 Å². The zero-order valence-corrected chi connectivity index (χ0v) is 11.3. The SMILES string of the molecule is CN(Cc1cccc(C#N)c1)Cc1cnc(Cl)cn1. The standard InChI is InChI=1S/C14H13ClN4/c1-19(10-13-7-18-14(15)8-17-13)9-12-4-2-3-11(5-12)6-16/h2-5,7-8H,9-10H2,1H3. The van der Waals surface area contributed by atoms with Crippen molar-refractivity contribution in [1.82, 2.24) is 14.9 Å². The molecule has 2 rings (SSSR count). The number of hydrogen-bond acceptors (Lipinski definition) is 4. The molecule has 0 spiro atoms. The highest BCUT2D eigenvalue weighted by atomic mass is 35.5. The molecule has 5 heteroatoms. The fraction of sp³-hybridized carbons (Fsp3) is 0.214. The molecule has 96 valence electrons. The summed E-state index contributed by atoms with van der Waals surface area (Å²) in [6.45, 7) is 1.43. The Balaban J connectivity index is 1.99. The molecule has 4 nitrogen and oxygen atoms in total. The van der Waals surface area contributed by atoms with E-state index in [1.165, 1.54) is 0 Å². The zero-order valence-electron chi connectivity index (χ0n) is 10.5. The van der Waals surface area contributed by atoms with Crippen LogP contribution >= 0.6 is 11.6 Å². The molecule has 0 unspecified atom stereocenters. The van der Waals surface area contributed by atoms with Crippen molar-refractivity contribution in [2.24, 2.45) is 0 Å². The van der Waals surface area contributed by atoms with E-state index in [-0.39, 0.29) is 0 Å². The number of benzene rings is 1. The molecule has 1 aromatic heterocycles. The highest BCUT2D eigenvalue weighted by molar-refractivity contribution is 6.29. The van der Waals surface area contributed by atoms with Gasteiger partial charge in [0, 0.05) is 13.1 Å². The molecule has 0 radical (unpaired) electrons. The summed E-state index contributed by atoms with van der Waals surface area (Å²) in [7, 11) is 2.00. The summed E-state index contributed by atoms with van der Waals surface area (Å²) < 4.78 is 0. The molecule has 19 heavy (non-hydrogen) atoms. The number of halogens is 1. The lowest BCUT2D eigenvalue weighted by atomic mass is 10.1. The third kappa shape index (κ3) is 4.02. The van der Waals surface area contributed by atoms with Crippen LogP contribution < -0.4 is 0 Å². The first kappa shape index (κ1) is 13.5. The summed E-state index contributed by atoms with van der Waals surface area (Å²) in [4.78, 5) is 10.3. The van der Waals surface area contributed by atoms with E-state index in [4.69, 9.17) is 16.9 Å². The van der Waals surface area contributed by atoms with E-state index < -0.39 is 0 Å². The van der Waals surface area contributed by atoms with Gasteiger partial charge in [-0.25, -0.2) is 4.98 Å². The Morgan fingerprint density at radius 2 is 2.11 bits per heavy atom. The van der Waals surface area contributed by atoms with Crippen LogP contribution in [0.3, 0.4) is 0 Å². The molecule has 2 aromatic rings. The van der Waals surface area contributed by atoms with E-state index in [1.54, 1.807) is 18.5 Å². The van der Waals surface area contributed by atoms with Gasteiger partial charge in [0.2, 0.25) is 0 Å². The Labute approximate surface area is 117 Å². The highest BCUT2D eigenvalue weighted by Crippen LogP contribution is 2.09. The Kier molecular flexibility index (Phi) is 4.45. The van der Waals surface area contributed by atoms with Crippen molar-refractivity contribution < 1.29 is 0 Å². The fourth-order valence-electron chi connectivity index (χ4n) is 1.80. The summed E-state index contributed by atoms with van der Waals surface area (Å²) in [5.41, 5.74) is 2.64. The minimum Gasteiger partial charge on any atom is -0.296 e. The monoisotopic (exact) mass is 272 g/mol. The van der Waals surface area contributed by atoms with E-state index in [0.29, 0.717) is 17.3 Å². The van der Waals surface area contributed by atoms with Gasteiger partial charge >= 0.3 is 0 Å². The van der Waals surface area contributed by atoms with Gasteiger partial charge in [0.25, 0.3) is 0 Å². The van der Waals surface area contributed by atoms with Crippen molar-refractivity contribution in [1.29, 1.82) is 5.26 Å². The molecule has 0 amide bonds. The van der Waals surface area contributed by atoms with Crippen LogP contribution in [0.1, 0.15) is 16.8 Å². The molecule has 1 heterocycles. The maximum Gasteiger partial charge on any atom is 0.147 e. The van der Waals surface area contributed by atoms with E-state index in [0.717, 1.165) is 17.8 Å². The number of nitrogens with zero attached hydrogens (tertiary/aromatic N) is 4. The lowest BCUT2D eigenvalue weighted by molar-refractivity contribution is 0.314. The molecule has 0 atom stereocenters. The van der Waals surface area contributed by atoms with E-state index in [2.05, 4.69) is 20.9 Å². The van der Waals surface area contributed by atoms with Crippen molar-refractivity contribution in [3.05, 3.63) is 58.6 Å². The molecular formula is C14H13ClN4. The summed E-state index contributed by atoms with van der Waals surface area (Å²) in [5.74, 6) is 0. The average molecular weight is 273 g/mol.